The maximum absolute atomic E-state index is 13.3. The lowest BCUT2D eigenvalue weighted by Crippen LogP contribution is -2.27. The summed E-state index contributed by atoms with van der Waals surface area (Å²) in [6.07, 6.45) is 1.42. The minimum absolute atomic E-state index is 0.0761. The van der Waals surface area contributed by atoms with Gasteiger partial charge in [0, 0.05) is 6.21 Å². The van der Waals surface area contributed by atoms with Crippen molar-refractivity contribution in [2.24, 2.45) is 4.99 Å². The predicted molar refractivity (Wildman–Crippen MR) is 122 cm³/mol. The number of nitrogens with zero attached hydrogens (tertiary/aromatic N) is 3. The third-order valence-electron chi connectivity index (χ3n) is 4.63. The number of rotatable bonds is 5. The van der Waals surface area contributed by atoms with E-state index >= 15 is 0 Å². The van der Waals surface area contributed by atoms with Gasteiger partial charge in [0.15, 0.2) is 4.77 Å². The van der Waals surface area contributed by atoms with Crippen LogP contribution in [0.4, 0.5) is 0 Å². The van der Waals surface area contributed by atoms with Crippen LogP contribution in [0.15, 0.2) is 101 Å². The Hall–Kier alpha value is -3.77. The van der Waals surface area contributed by atoms with Gasteiger partial charge in [-0.3, -0.25) is 18.9 Å². The zero-order valence-electron chi connectivity index (χ0n) is 16.1. The molecule has 0 aliphatic carbocycles. The first-order valence-electron chi connectivity index (χ1n) is 9.42. The number of aromatic hydroxyl groups is 1. The molecule has 0 saturated heterocycles. The van der Waals surface area contributed by atoms with Crippen molar-refractivity contribution in [3.05, 3.63) is 117 Å². The molecule has 0 saturated carbocycles. The fourth-order valence-electron chi connectivity index (χ4n) is 3.17. The second-order valence-corrected chi connectivity index (χ2v) is 6.99. The van der Waals surface area contributed by atoms with Crippen LogP contribution in [0.3, 0.4) is 0 Å². The summed E-state index contributed by atoms with van der Waals surface area (Å²) in [5, 5.41) is 11.0. The highest BCUT2D eigenvalue weighted by Gasteiger charge is 2.17. The number of aliphatic imine (C=N–C) groups is 1. The molecule has 3 aromatic carbocycles. The fraction of sp³-hybridized carbons (Fsp3) is 0.0417. The van der Waals surface area contributed by atoms with Gasteiger partial charge in [-0.1, -0.05) is 66.7 Å². The molecule has 4 rings (SSSR count). The summed E-state index contributed by atoms with van der Waals surface area (Å²) < 4.78 is 3.06. The van der Waals surface area contributed by atoms with E-state index in [2.05, 4.69) is 4.99 Å². The monoisotopic (exact) mass is 413 g/mol. The highest BCUT2D eigenvalue weighted by atomic mass is 32.1. The maximum Gasteiger partial charge on any atom is 0.271 e. The summed E-state index contributed by atoms with van der Waals surface area (Å²) in [5.41, 5.74) is 1.93. The van der Waals surface area contributed by atoms with Crippen molar-refractivity contribution in [2.75, 3.05) is 0 Å². The van der Waals surface area contributed by atoms with Crippen LogP contribution in [0.1, 0.15) is 11.1 Å². The molecule has 0 fully saturated rings. The smallest absolute Gasteiger partial charge is 0.271 e. The summed E-state index contributed by atoms with van der Waals surface area (Å²) in [6.45, 7) is 0.395. The van der Waals surface area contributed by atoms with Crippen LogP contribution in [-0.4, -0.2) is 20.5 Å². The van der Waals surface area contributed by atoms with E-state index in [1.54, 1.807) is 12.1 Å². The minimum Gasteiger partial charge on any atom is -0.494 e. The van der Waals surface area contributed by atoms with Crippen molar-refractivity contribution in [1.82, 2.24) is 9.13 Å². The Morgan fingerprint density at radius 2 is 1.30 bits per heavy atom. The first kappa shape index (κ1) is 19.5. The van der Waals surface area contributed by atoms with E-state index in [0.717, 1.165) is 5.56 Å². The molecule has 4 aromatic rings. The van der Waals surface area contributed by atoms with Crippen LogP contribution in [-0.2, 0) is 6.54 Å². The summed E-state index contributed by atoms with van der Waals surface area (Å²) in [6, 6.07) is 28.0. The third kappa shape index (κ3) is 3.86. The first-order valence-corrected chi connectivity index (χ1v) is 9.83. The molecule has 1 heterocycles. The molecule has 6 heteroatoms. The molecule has 0 aliphatic heterocycles. The van der Waals surface area contributed by atoms with Gasteiger partial charge in [-0.2, -0.15) is 0 Å². The van der Waals surface area contributed by atoms with Gasteiger partial charge in [0.2, 0.25) is 5.88 Å². The van der Waals surface area contributed by atoms with Gasteiger partial charge in [-0.25, -0.2) is 0 Å². The lowest BCUT2D eigenvalue weighted by Gasteiger charge is -2.16. The van der Waals surface area contributed by atoms with Crippen LogP contribution >= 0.6 is 12.2 Å². The molecule has 148 valence electrons. The summed E-state index contributed by atoms with van der Waals surface area (Å²) in [5.74, 6) is -0.236. The van der Waals surface area contributed by atoms with Crippen LogP contribution in [0, 0.1) is 4.77 Å². The Kier molecular flexibility index (Phi) is 5.68. The van der Waals surface area contributed by atoms with Crippen LogP contribution in [0.25, 0.3) is 11.4 Å². The first-order chi connectivity index (χ1) is 14.7. The summed E-state index contributed by atoms with van der Waals surface area (Å²) >= 11 is 5.60. The molecule has 5 nitrogen and oxygen atoms in total. The molecule has 0 radical (unpaired) electrons. The van der Waals surface area contributed by atoms with E-state index in [1.807, 2.05) is 78.9 Å². The quantitative estimate of drug-likeness (QED) is 0.382. The third-order valence-corrected chi connectivity index (χ3v) is 5.00. The van der Waals surface area contributed by atoms with Gasteiger partial charge in [-0.15, -0.1) is 0 Å². The van der Waals surface area contributed by atoms with Gasteiger partial charge in [0.25, 0.3) is 5.56 Å². The minimum atomic E-state index is -0.423. The molecule has 0 aliphatic rings. The van der Waals surface area contributed by atoms with Gasteiger partial charge < -0.3 is 5.11 Å². The van der Waals surface area contributed by atoms with Crippen molar-refractivity contribution in [2.45, 2.75) is 6.54 Å². The molecule has 1 aromatic heterocycles. The normalized spacial score (nSPS) is 11.1. The number of hydrogen-bond acceptors (Lipinski definition) is 4. The van der Waals surface area contributed by atoms with E-state index < -0.39 is 5.56 Å². The molecule has 1 N–H and O–H groups in total. The molecule has 30 heavy (non-hydrogen) atoms. The second kappa shape index (κ2) is 8.71. The van der Waals surface area contributed by atoms with E-state index in [1.165, 1.54) is 15.3 Å². The average molecular weight is 414 g/mol. The topological polar surface area (TPSA) is 59.5 Å². The lowest BCUT2D eigenvalue weighted by atomic mass is 10.2. The molecule has 0 bridgehead atoms. The van der Waals surface area contributed by atoms with Crippen molar-refractivity contribution in [1.29, 1.82) is 0 Å². The molecule has 0 spiro atoms. The zero-order valence-corrected chi connectivity index (χ0v) is 16.9. The maximum atomic E-state index is 13.3. The van der Waals surface area contributed by atoms with E-state index in [-0.39, 0.29) is 16.2 Å². The zero-order chi connectivity index (χ0) is 20.9. The van der Waals surface area contributed by atoms with Gasteiger partial charge in [0.05, 0.1) is 17.9 Å². The van der Waals surface area contributed by atoms with Gasteiger partial charge in [0.1, 0.15) is 5.56 Å². The summed E-state index contributed by atoms with van der Waals surface area (Å²) in [4.78, 5) is 17.7. The van der Waals surface area contributed by atoms with Crippen LogP contribution in [0.5, 0.6) is 5.88 Å². The van der Waals surface area contributed by atoms with Gasteiger partial charge in [-0.05, 0) is 42.0 Å². The fourth-order valence-corrected chi connectivity index (χ4v) is 3.55. The molecule has 0 amide bonds. The average Bonchev–Trinajstić information content (AvgIpc) is 2.78. The van der Waals surface area contributed by atoms with Crippen LogP contribution in [0.2, 0.25) is 0 Å². The van der Waals surface area contributed by atoms with Crippen LogP contribution < -0.4 is 5.56 Å². The Bertz CT molecular complexity index is 1300. The molecule has 0 unspecified atom stereocenters. The van der Waals surface area contributed by atoms with Gasteiger partial charge >= 0.3 is 0 Å². The van der Waals surface area contributed by atoms with Crippen molar-refractivity contribution >= 4 is 18.4 Å². The van der Waals surface area contributed by atoms with E-state index in [0.29, 0.717) is 17.9 Å². The molecule has 0 atom stereocenters. The second-order valence-electron chi connectivity index (χ2n) is 6.62. The Morgan fingerprint density at radius 3 is 1.87 bits per heavy atom. The number of benzene rings is 3. The predicted octanol–water partition coefficient (Wildman–Crippen LogP) is 4.68. The Labute approximate surface area is 178 Å². The van der Waals surface area contributed by atoms with E-state index in [4.69, 9.17) is 12.2 Å². The van der Waals surface area contributed by atoms with Crippen molar-refractivity contribution in [3.63, 3.8) is 0 Å². The summed E-state index contributed by atoms with van der Waals surface area (Å²) in [7, 11) is 0. The number of aromatic nitrogens is 2. The number of hydrogen-bond donors (Lipinski definition) is 1. The standard InChI is InChI=1S/C24H19N3O2S/c28-22-21(17-25-16-18-10-4-1-5-11-18)23(29)27(20-14-8-3-9-15-20)24(30)26(22)19-12-6-2-7-13-19/h1-15,17,28H,16H2. The Balaban J connectivity index is 1.91. The van der Waals surface area contributed by atoms with E-state index in [9.17, 15) is 9.90 Å². The number of para-hydroxylation sites is 2. The largest absolute Gasteiger partial charge is 0.494 e. The lowest BCUT2D eigenvalue weighted by molar-refractivity contribution is 0.430. The SMILES string of the molecule is O=c1c(C=NCc2ccccc2)c(O)n(-c2ccccc2)c(=S)n1-c1ccccc1. The Morgan fingerprint density at radius 1 is 0.800 bits per heavy atom. The van der Waals surface area contributed by atoms with Crippen molar-refractivity contribution < 1.29 is 5.11 Å². The highest BCUT2D eigenvalue weighted by Crippen LogP contribution is 2.21. The highest BCUT2D eigenvalue weighted by molar-refractivity contribution is 7.71. The molecular formula is C24H19N3O2S. The van der Waals surface area contributed by atoms with Crippen molar-refractivity contribution in [3.8, 4) is 17.3 Å². The molecular weight excluding hydrogens is 394 g/mol.